The predicted molar refractivity (Wildman–Crippen MR) is 107 cm³/mol. The number of amides is 1. The van der Waals surface area contributed by atoms with Gasteiger partial charge in [0, 0.05) is 21.3 Å². The Labute approximate surface area is 166 Å². The van der Waals surface area contributed by atoms with Crippen molar-refractivity contribution >= 4 is 52.6 Å². The van der Waals surface area contributed by atoms with Gasteiger partial charge >= 0.3 is 5.97 Å². The van der Waals surface area contributed by atoms with Crippen LogP contribution >= 0.6 is 23.2 Å². The number of anilines is 1. The molecule has 1 heterocycles. The molecule has 2 aromatic carbocycles. The van der Waals surface area contributed by atoms with E-state index in [1.165, 1.54) is 5.01 Å². The van der Waals surface area contributed by atoms with E-state index in [0.29, 0.717) is 27.0 Å². The van der Waals surface area contributed by atoms with Crippen molar-refractivity contribution in [3.63, 3.8) is 0 Å². The molecule has 1 aliphatic heterocycles. The molecule has 7 heteroatoms. The molecule has 0 aliphatic carbocycles. The lowest BCUT2D eigenvalue weighted by Gasteiger charge is -2.14. The molecule has 1 aliphatic rings. The Hall–Kier alpha value is -2.63. The van der Waals surface area contributed by atoms with Gasteiger partial charge in [-0.2, -0.15) is 5.10 Å². The van der Waals surface area contributed by atoms with Gasteiger partial charge in [0.25, 0.3) is 5.91 Å². The molecule has 138 valence electrons. The van der Waals surface area contributed by atoms with Crippen LogP contribution < -0.4 is 5.01 Å². The molecule has 0 fully saturated rings. The summed E-state index contributed by atoms with van der Waals surface area (Å²) in [4.78, 5) is 24.5. The first kappa shape index (κ1) is 19.1. The van der Waals surface area contributed by atoms with Gasteiger partial charge in [-0.05, 0) is 61.4 Å². The highest BCUT2D eigenvalue weighted by atomic mass is 35.5. The maximum atomic E-state index is 12.8. The summed E-state index contributed by atoms with van der Waals surface area (Å²) in [5.74, 6) is -1.97. The second-order valence-corrected chi connectivity index (χ2v) is 7.02. The van der Waals surface area contributed by atoms with Crippen LogP contribution in [0.5, 0.6) is 0 Å². The van der Waals surface area contributed by atoms with Crippen LogP contribution in [0.15, 0.2) is 59.2 Å². The fraction of sp³-hybridized carbons (Fsp3) is 0.150. The topological polar surface area (TPSA) is 70.0 Å². The van der Waals surface area contributed by atoms with Gasteiger partial charge in [-0.3, -0.25) is 4.79 Å². The lowest BCUT2D eigenvalue weighted by Crippen LogP contribution is -2.28. The number of hydrogen-bond acceptors (Lipinski definition) is 3. The first-order valence-electron chi connectivity index (χ1n) is 8.19. The van der Waals surface area contributed by atoms with Crippen molar-refractivity contribution in [3.05, 3.63) is 69.7 Å². The Morgan fingerprint density at radius 2 is 1.67 bits per heavy atom. The maximum absolute atomic E-state index is 12.8. The van der Waals surface area contributed by atoms with Crippen molar-refractivity contribution in [2.75, 3.05) is 5.01 Å². The van der Waals surface area contributed by atoms with Gasteiger partial charge in [0.05, 0.1) is 11.6 Å². The Balaban J connectivity index is 1.83. The quantitative estimate of drug-likeness (QED) is 0.723. The third-order valence-electron chi connectivity index (χ3n) is 4.25. The number of benzene rings is 2. The van der Waals surface area contributed by atoms with Crippen LogP contribution in [0, 0.1) is 5.92 Å². The summed E-state index contributed by atoms with van der Waals surface area (Å²) < 4.78 is 0. The number of aliphatic carboxylic acids is 1. The van der Waals surface area contributed by atoms with Crippen molar-refractivity contribution in [2.45, 2.75) is 13.3 Å². The number of rotatable bonds is 5. The Kier molecular flexibility index (Phi) is 5.63. The van der Waals surface area contributed by atoms with E-state index in [9.17, 15) is 14.7 Å². The van der Waals surface area contributed by atoms with Crippen LogP contribution in [0.1, 0.15) is 18.9 Å². The summed E-state index contributed by atoms with van der Waals surface area (Å²) in [5, 5.41) is 16.3. The van der Waals surface area contributed by atoms with Gasteiger partial charge in [0.2, 0.25) is 0 Å². The van der Waals surface area contributed by atoms with E-state index in [-0.39, 0.29) is 17.9 Å². The Morgan fingerprint density at radius 1 is 1.11 bits per heavy atom. The average Bonchev–Trinajstić information content (AvgIpc) is 2.91. The number of hydrogen-bond donors (Lipinski definition) is 1. The molecular weight excluding hydrogens is 387 g/mol. The lowest BCUT2D eigenvalue weighted by molar-refractivity contribution is -0.132. The summed E-state index contributed by atoms with van der Waals surface area (Å²) in [5.41, 5.74) is 1.98. The highest BCUT2D eigenvalue weighted by Gasteiger charge is 2.35. The zero-order valence-electron chi connectivity index (χ0n) is 14.4. The minimum absolute atomic E-state index is 0.0518. The number of hydrazone groups is 1. The highest BCUT2D eigenvalue weighted by molar-refractivity contribution is 6.31. The average molecular weight is 403 g/mol. The molecule has 0 bridgehead atoms. The molecule has 1 atom stereocenters. The zero-order chi connectivity index (χ0) is 19.6. The summed E-state index contributed by atoms with van der Waals surface area (Å²) in [6.45, 7) is 1.72. The van der Waals surface area contributed by atoms with E-state index < -0.39 is 11.9 Å². The Bertz CT molecular complexity index is 935. The van der Waals surface area contributed by atoms with Crippen molar-refractivity contribution in [2.24, 2.45) is 11.0 Å². The van der Waals surface area contributed by atoms with Crippen LogP contribution in [0.3, 0.4) is 0 Å². The van der Waals surface area contributed by atoms with E-state index in [2.05, 4.69) is 5.10 Å². The molecule has 1 unspecified atom stereocenters. The van der Waals surface area contributed by atoms with Gasteiger partial charge in [0.15, 0.2) is 0 Å². The molecular formula is C20H16Cl2N2O3. The number of carbonyl (C=O) groups is 2. The second-order valence-electron chi connectivity index (χ2n) is 6.15. The van der Waals surface area contributed by atoms with Gasteiger partial charge < -0.3 is 5.11 Å². The lowest BCUT2D eigenvalue weighted by atomic mass is 9.94. The first-order chi connectivity index (χ1) is 12.8. The first-order valence-corrected chi connectivity index (χ1v) is 8.95. The van der Waals surface area contributed by atoms with E-state index >= 15 is 0 Å². The van der Waals surface area contributed by atoms with Crippen molar-refractivity contribution in [3.8, 4) is 0 Å². The number of nitrogens with zero attached hydrogens (tertiary/aromatic N) is 2. The highest BCUT2D eigenvalue weighted by Crippen LogP contribution is 2.29. The van der Waals surface area contributed by atoms with Crippen LogP contribution in [0.4, 0.5) is 5.69 Å². The number of carboxylic acid groups (broad SMARTS) is 1. The molecule has 0 spiro atoms. The minimum atomic E-state index is -1.07. The molecule has 0 saturated heterocycles. The third kappa shape index (κ3) is 4.38. The molecule has 1 N–H and O–H groups in total. The largest absolute Gasteiger partial charge is 0.478 e. The van der Waals surface area contributed by atoms with Crippen LogP contribution in [-0.4, -0.2) is 22.7 Å². The van der Waals surface area contributed by atoms with Gasteiger partial charge in [-0.15, -0.1) is 0 Å². The number of carbonyl (C=O) groups excluding carboxylic acids is 1. The molecule has 2 aromatic rings. The maximum Gasteiger partial charge on any atom is 0.331 e. The summed E-state index contributed by atoms with van der Waals surface area (Å²) in [7, 11) is 0. The molecule has 0 saturated carbocycles. The molecule has 27 heavy (non-hydrogen) atoms. The Morgan fingerprint density at radius 3 is 2.22 bits per heavy atom. The fourth-order valence-corrected chi connectivity index (χ4v) is 3.05. The second kappa shape index (κ2) is 7.94. The minimum Gasteiger partial charge on any atom is -0.478 e. The molecule has 5 nitrogen and oxygen atoms in total. The number of halogens is 2. The van der Waals surface area contributed by atoms with Crippen LogP contribution in [0.25, 0.3) is 6.08 Å². The van der Waals surface area contributed by atoms with Crippen LogP contribution in [0.2, 0.25) is 10.0 Å². The van der Waals surface area contributed by atoms with Gasteiger partial charge in [-0.25, -0.2) is 9.80 Å². The van der Waals surface area contributed by atoms with E-state index in [4.69, 9.17) is 23.2 Å². The molecule has 0 radical (unpaired) electrons. The van der Waals surface area contributed by atoms with Crippen molar-refractivity contribution in [1.82, 2.24) is 0 Å². The SMILES string of the molecule is CC1=NN(c2ccc(Cl)cc2)C(=O)C1CC(=Cc1ccc(Cl)cc1)C(=O)O. The summed E-state index contributed by atoms with van der Waals surface area (Å²) >= 11 is 11.7. The normalized spacial score (nSPS) is 17.2. The monoisotopic (exact) mass is 402 g/mol. The summed E-state index contributed by atoms with van der Waals surface area (Å²) in [6.07, 6.45) is 1.60. The predicted octanol–water partition coefficient (Wildman–Crippen LogP) is 4.89. The summed E-state index contributed by atoms with van der Waals surface area (Å²) in [6, 6.07) is 13.6. The zero-order valence-corrected chi connectivity index (χ0v) is 15.9. The van der Waals surface area contributed by atoms with Gasteiger partial charge in [0.1, 0.15) is 0 Å². The molecule has 1 amide bonds. The van der Waals surface area contributed by atoms with Crippen LogP contribution in [-0.2, 0) is 9.59 Å². The molecule has 3 rings (SSSR count). The van der Waals surface area contributed by atoms with E-state index in [1.54, 1.807) is 61.5 Å². The standard InChI is InChI=1S/C20H16Cl2N2O3/c1-12-18(19(25)24(23-12)17-8-6-16(22)7-9-17)11-14(20(26)27)10-13-2-4-15(21)5-3-13/h2-10,18H,11H2,1H3,(H,26,27). The van der Waals surface area contributed by atoms with Crippen molar-refractivity contribution < 1.29 is 14.7 Å². The van der Waals surface area contributed by atoms with E-state index in [0.717, 1.165) is 0 Å². The van der Waals surface area contributed by atoms with Crippen molar-refractivity contribution in [1.29, 1.82) is 0 Å². The van der Waals surface area contributed by atoms with E-state index in [1.807, 2.05) is 0 Å². The third-order valence-corrected chi connectivity index (χ3v) is 4.75. The molecule has 0 aromatic heterocycles. The van der Waals surface area contributed by atoms with Gasteiger partial charge in [-0.1, -0.05) is 35.3 Å². The fourth-order valence-electron chi connectivity index (χ4n) is 2.79. The number of carboxylic acids is 1. The smallest absolute Gasteiger partial charge is 0.331 e.